The molecule has 0 saturated heterocycles. The smallest absolute Gasteiger partial charge is 0.279 e. The molecule has 1 aromatic rings. The van der Waals surface area contributed by atoms with E-state index in [1.807, 2.05) is 0 Å². The highest BCUT2D eigenvalue weighted by Gasteiger charge is 2.19. The highest BCUT2D eigenvalue weighted by Crippen LogP contribution is 2.24. The molecule has 1 aromatic carbocycles. The van der Waals surface area contributed by atoms with Crippen LogP contribution in [0.3, 0.4) is 0 Å². The summed E-state index contributed by atoms with van der Waals surface area (Å²) in [6, 6.07) is 2.55. The summed E-state index contributed by atoms with van der Waals surface area (Å²) in [4.78, 5) is 9.93. The van der Waals surface area contributed by atoms with Crippen molar-refractivity contribution in [2.45, 2.75) is 13.5 Å². The summed E-state index contributed by atoms with van der Waals surface area (Å²) in [6.45, 7) is 1.39. The van der Waals surface area contributed by atoms with Gasteiger partial charge in [-0.3, -0.25) is 10.1 Å². The fourth-order valence-corrected chi connectivity index (χ4v) is 1.18. The van der Waals surface area contributed by atoms with Gasteiger partial charge in [0.2, 0.25) is 0 Å². The Bertz CT molecular complexity index is 352. The Morgan fingerprint density at radius 3 is 2.62 bits per heavy atom. The van der Waals surface area contributed by atoms with Gasteiger partial charge in [0.05, 0.1) is 10.5 Å². The van der Waals surface area contributed by atoms with Crippen LogP contribution < -0.4 is 5.73 Å². The molecule has 0 heterocycles. The summed E-state index contributed by atoms with van der Waals surface area (Å²) >= 11 is 0. The molecule has 0 aliphatic carbocycles. The SMILES string of the molecule is Cc1ccc(F)c(CN)c1[N+](=O)[O-]. The van der Waals surface area contributed by atoms with Crippen LogP contribution in [0.4, 0.5) is 10.1 Å². The van der Waals surface area contributed by atoms with E-state index in [2.05, 4.69) is 0 Å². The number of halogens is 1. The molecule has 0 amide bonds. The van der Waals surface area contributed by atoms with Crippen LogP contribution >= 0.6 is 0 Å². The van der Waals surface area contributed by atoms with E-state index < -0.39 is 10.7 Å². The number of hydrogen-bond donors (Lipinski definition) is 1. The van der Waals surface area contributed by atoms with E-state index in [0.29, 0.717) is 5.56 Å². The van der Waals surface area contributed by atoms with Crippen LogP contribution in [0.2, 0.25) is 0 Å². The van der Waals surface area contributed by atoms with Crippen molar-refractivity contribution in [1.82, 2.24) is 0 Å². The second kappa shape index (κ2) is 3.49. The van der Waals surface area contributed by atoms with Crippen molar-refractivity contribution in [3.05, 3.63) is 39.2 Å². The maximum atomic E-state index is 13.0. The predicted molar refractivity (Wildman–Crippen MR) is 45.7 cm³/mol. The standard InChI is InChI=1S/C8H9FN2O2/c1-5-2-3-7(9)6(4-10)8(5)11(12)13/h2-3H,4,10H2,1H3. The van der Waals surface area contributed by atoms with Gasteiger partial charge in [-0.25, -0.2) is 4.39 Å². The van der Waals surface area contributed by atoms with Crippen LogP contribution in [0.15, 0.2) is 12.1 Å². The summed E-state index contributed by atoms with van der Waals surface area (Å²) in [5, 5.41) is 10.5. The normalized spacial score (nSPS) is 10.1. The van der Waals surface area contributed by atoms with Crippen molar-refractivity contribution in [1.29, 1.82) is 0 Å². The van der Waals surface area contributed by atoms with Crippen molar-refractivity contribution in [2.24, 2.45) is 5.73 Å². The van der Waals surface area contributed by atoms with Gasteiger partial charge in [-0.05, 0) is 19.1 Å². The molecule has 0 unspecified atom stereocenters. The molecule has 0 radical (unpaired) electrons. The summed E-state index contributed by atoms with van der Waals surface area (Å²) in [5.74, 6) is -0.625. The summed E-state index contributed by atoms with van der Waals surface area (Å²) in [6.07, 6.45) is 0. The van der Waals surface area contributed by atoms with Gasteiger partial charge >= 0.3 is 0 Å². The average molecular weight is 184 g/mol. The molecule has 5 heteroatoms. The molecule has 0 aliphatic heterocycles. The molecular formula is C8H9FN2O2. The van der Waals surface area contributed by atoms with Crippen LogP contribution in [0.5, 0.6) is 0 Å². The minimum Gasteiger partial charge on any atom is -0.326 e. The number of benzene rings is 1. The van der Waals surface area contributed by atoms with E-state index in [1.165, 1.54) is 12.1 Å². The van der Waals surface area contributed by atoms with Crippen LogP contribution in [0, 0.1) is 22.9 Å². The Morgan fingerprint density at radius 2 is 2.23 bits per heavy atom. The Morgan fingerprint density at radius 1 is 1.62 bits per heavy atom. The Hall–Kier alpha value is -1.49. The molecule has 1 rings (SSSR count). The second-order valence-corrected chi connectivity index (χ2v) is 2.65. The van der Waals surface area contributed by atoms with Crippen molar-refractivity contribution < 1.29 is 9.31 Å². The van der Waals surface area contributed by atoms with Gasteiger partial charge in [0.15, 0.2) is 0 Å². The largest absolute Gasteiger partial charge is 0.326 e. The van der Waals surface area contributed by atoms with Gasteiger partial charge in [0.1, 0.15) is 5.82 Å². The summed E-state index contributed by atoms with van der Waals surface area (Å²) < 4.78 is 13.0. The van der Waals surface area contributed by atoms with Crippen molar-refractivity contribution in [3.8, 4) is 0 Å². The molecule has 0 atom stereocenters. The monoisotopic (exact) mass is 184 g/mol. The fourth-order valence-electron chi connectivity index (χ4n) is 1.18. The third-order valence-corrected chi connectivity index (χ3v) is 1.81. The zero-order chi connectivity index (χ0) is 10.0. The predicted octanol–water partition coefficient (Wildman–Crippen LogP) is 1.50. The van der Waals surface area contributed by atoms with Gasteiger partial charge in [-0.15, -0.1) is 0 Å². The molecule has 4 nitrogen and oxygen atoms in total. The van der Waals surface area contributed by atoms with Crippen molar-refractivity contribution >= 4 is 5.69 Å². The lowest BCUT2D eigenvalue weighted by atomic mass is 10.1. The van der Waals surface area contributed by atoms with E-state index in [1.54, 1.807) is 6.92 Å². The van der Waals surface area contributed by atoms with E-state index in [-0.39, 0.29) is 17.8 Å². The highest BCUT2D eigenvalue weighted by molar-refractivity contribution is 5.47. The van der Waals surface area contributed by atoms with E-state index in [4.69, 9.17) is 5.73 Å². The van der Waals surface area contributed by atoms with Crippen molar-refractivity contribution in [2.75, 3.05) is 0 Å². The maximum Gasteiger partial charge on any atom is 0.279 e. The molecule has 0 saturated carbocycles. The third kappa shape index (κ3) is 1.65. The quantitative estimate of drug-likeness (QED) is 0.559. The minimum absolute atomic E-state index is 0.0370. The van der Waals surface area contributed by atoms with Crippen LogP contribution in [0.25, 0.3) is 0 Å². The van der Waals surface area contributed by atoms with E-state index >= 15 is 0 Å². The van der Waals surface area contributed by atoms with Gasteiger partial charge in [-0.2, -0.15) is 0 Å². The molecule has 13 heavy (non-hydrogen) atoms. The molecule has 0 aliphatic rings. The number of nitrogens with zero attached hydrogens (tertiary/aromatic N) is 1. The molecule has 0 bridgehead atoms. The summed E-state index contributed by atoms with van der Waals surface area (Å²) in [7, 11) is 0. The van der Waals surface area contributed by atoms with Gasteiger partial charge in [-0.1, -0.05) is 0 Å². The molecule has 2 N–H and O–H groups in total. The number of hydrogen-bond acceptors (Lipinski definition) is 3. The van der Waals surface area contributed by atoms with Gasteiger partial charge in [0, 0.05) is 12.1 Å². The fraction of sp³-hybridized carbons (Fsp3) is 0.250. The first kappa shape index (κ1) is 9.60. The Labute approximate surface area is 74.3 Å². The molecule has 0 fully saturated rings. The zero-order valence-corrected chi connectivity index (χ0v) is 7.08. The molecule has 0 spiro atoms. The first-order chi connectivity index (χ1) is 6.07. The molecule has 70 valence electrons. The second-order valence-electron chi connectivity index (χ2n) is 2.65. The lowest BCUT2D eigenvalue weighted by Crippen LogP contribution is -2.06. The van der Waals surface area contributed by atoms with Crippen LogP contribution in [-0.2, 0) is 6.54 Å². The Balaban J connectivity index is 3.43. The average Bonchev–Trinajstić information content (AvgIpc) is 2.07. The maximum absolute atomic E-state index is 13.0. The van der Waals surface area contributed by atoms with Gasteiger partial charge in [0.25, 0.3) is 5.69 Å². The first-order valence-corrected chi connectivity index (χ1v) is 3.70. The number of nitro benzene ring substituents is 1. The number of nitrogens with two attached hydrogens (primary N) is 1. The van der Waals surface area contributed by atoms with Crippen LogP contribution in [0.1, 0.15) is 11.1 Å². The molecular weight excluding hydrogens is 175 g/mol. The lowest BCUT2D eigenvalue weighted by Gasteiger charge is -2.03. The number of aryl methyl sites for hydroxylation is 1. The Kier molecular flexibility index (Phi) is 2.57. The first-order valence-electron chi connectivity index (χ1n) is 3.70. The van der Waals surface area contributed by atoms with Crippen LogP contribution in [-0.4, -0.2) is 4.92 Å². The molecule has 0 aromatic heterocycles. The zero-order valence-electron chi connectivity index (χ0n) is 7.08. The highest BCUT2D eigenvalue weighted by atomic mass is 19.1. The van der Waals surface area contributed by atoms with E-state index in [0.717, 1.165) is 0 Å². The van der Waals surface area contributed by atoms with E-state index in [9.17, 15) is 14.5 Å². The lowest BCUT2D eigenvalue weighted by molar-refractivity contribution is -0.386. The van der Waals surface area contributed by atoms with Crippen molar-refractivity contribution in [3.63, 3.8) is 0 Å². The topological polar surface area (TPSA) is 69.2 Å². The minimum atomic E-state index is -0.625. The number of rotatable bonds is 2. The third-order valence-electron chi connectivity index (χ3n) is 1.81. The van der Waals surface area contributed by atoms with Gasteiger partial charge < -0.3 is 5.73 Å². The number of nitro groups is 1. The summed E-state index contributed by atoms with van der Waals surface area (Å²) in [5.41, 5.74) is 5.38.